The van der Waals surface area contributed by atoms with Crippen LogP contribution in [-0.2, 0) is 6.42 Å². The Balaban J connectivity index is 2.10. The van der Waals surface area contributed by atoms with Crippen molar-refractivity contribution >= 4 is 12.2 Å². The Labute approximate surface area is 120 Å². The monoisotopic (exact) mass is 283 g/mol. The fraction of sp³-hybridized carbons (Fsp3) is 0.0667. The van der Waals surface area contributed by atoms with Gasteiger partial charge in [0.2, 0.25) is 4.77 Å². The van der Waals surface area contributed by atoms with Gasteiger partial charge in [-0.25, -0.2) is 14.5 Å². The summed E-state index contributed by atoms with van der Waals surface area (Å²) in [5.41, 5.74) is 2.80. The van der Waals surface area contributed by atoms with E-state index < -0.39 is 0 Å². The normalized spacial score (nSPS) is 10.6. The van der Waals surface area contributed by atoms with Crippen LogP contribution in [0.2, 0.25) is 0 Å². The molecule has 4 nitrogen and oxygen atoms in total. The number of H-pyrrole nitrogens is 2. The second kappa shape index (κ2) is 5.30. The van der Waals surface area contributed by atoms with Crippen LogP contribution in [-0.4, -0.2) is 14.8 Å². The highest BCUT2D eigenvalue weighted by molar-refractivity contribution is 7.71. The van der Waals surface area contributed by atoms with Crippen molar-refractivity contribution in [3.63, 3.8) is 0 Å². The molecule has 0 aliphatic rings. The van der Waals surface area contributed by atoms with Crippen LogP contribution in [0.3, 0.4) is 0 Å². The molecular formula is C15H13N3OS. The van der Waals surface area contributed by atoms with E-state index in [1.807, 2.05) is 42.5 Å². The van der Waals surface area contributed by atoms with Crippen molar-refractivity contribution in [1.29, 1.82) is 0 Å². The van der Waals surface area contributed by atoms with E-state index in [-0.39, 0.29) is 5.69 Å². The summed E-state index contributed by atoms with van der Waals surface area (Å²) in [5, 5.41) is 5.17. The van der Waals surface area contributed by atoms with E-state index in [1.54, 1.807) is 0 Å². The molecule has 0 atom stereocenters. The molecule has 0 bridgehead atoms. The van der Waals surface area contributed by atoms with Crippen LogP contribution in [0, 0.1) is 4.77 Å². The fourth-order valence-corrected chi connectivity index (χ4v) is 2.46. The molecule has 100 valence electrons. The van der Waals surface area contributed by atoms with Crippen LogP contribution >= 0.6 is 12.2 Å². The third-order valence-electron chi connectivity index (χ3n) is 3.15. The SMILES string of the molecule is O=c1[nH][nH]c(=S)n1-c1ccccc1Cc1ccccc1. The average Bonchev–Trinajstić information content (AvgIpc) is 2.80. The number of nitrogens with one attached hydrogen (secondary N) is 2. The highest BCUT2D eigenvalue weighted by Crippen LogP contribution is 2.17. The van der Waals surface area contributed by atoms with Crippen molar-refractivity contribution < 1.29 is 0 Å². The summed E-state index contributed by atoms with van der Waals surface area (Å²) < 4.78 is 1.85. The number of hydrogen-bond acceptors (Lipinski definition) is 2. The van der Waals surface area contributed by atoms with E-state index in [2.05, 4.69) is 22.3 Å². The van der Waals surface area contributed by atoms with Gasteiger partial charge in [-0.05, 0) is 35.8 Å². The summed E-state index contributed by atoms with van der Waals surface area (Å²) in [6.45, 7) is 0. The van der Waals surface area contributed by atoms with Gasteiger partial charge < -0.3 is 0 Å². The molecule has 1 heterocycles. The summed E-state index contributed by atoms with van der Waals surface area (Å²) in [5.74, 6) is 0. The van der Waals surface area contributed by atoms with Crippen LogP contribution in [0.1, 0.15) is 11.1 Å². The van der Waals surface area contributed by atoms with E-state index >= 15 is 0 Å². The van der Waals surface area contributed by atoms with Gasteiger partial charge in [-0.2, -0.15) is 0 Å². The van der Waals surface area contributed by atoms with Gasteiger partial charge in [0.1, 0.15) is 0 Å². The first-order valence-corrected chi connectivity index (χ1v) is 6.68. The van der Waals surface area contributed by atoms with E-state index in [0.717, 1.165) is 17.7 Å². The highest BCUT2D eigenvalue weighted by Gasteiger charge is 2.09. The Hall–Kier alpha value is -2.40. The van der Waals surface area contributed by atoms with Gasteiger partial charge in [-0.3, -0.25) is 5.10 Å². The molecule has 2 aromatic carbocycles. The Kier molecular flexibility index (Phi) is 3.35. The van der Waals surface area contributed by atoms with E-state index in [0.29, 0.717) is 4.77 Å². The molecule has 1 aromatic heterocycles. The molecule has 2 N–H and O–H groups in total. The van der Waals surface area contributed by atoms with Crippen LogP contribution in [0.25, 0.3) is 5.69 Å². The van der Waals surface area contributed by atoms with Gasteiger partial charge in [0, 0.05) is 0 Å². The van der Waals surface area contributed by atoms with Crippen molar-refractivity contribution in [2.75, 3.05) is 0 Å². The van der Waals surface area contributed by atoms with Gasteiger partial charge in [0.05, 0.1) is 5.69 Å². The van der Waals surface area contributed by atoms with Crippen molar-refractivity contribution in [3.05, 3.63) is 81.0 Å². The van der Waals surface area contributed by atoms with Crippen molar-refractivity contribution in [2.45, 2.75) is 6.42 Å². The third-order valence-corrected chi connectivity index (χ3v) is 3.44. The van der Waals surface area contributed by atoms with Crippen molar-refractivity contribution in [3.8, 4) is 5.69 Å². The molecule has 0 spiro atoms. The van der Waals surface area contributed by atoms with Gasteiger partial charge in [0.15, 0.2) is 0 Å². The predicted molar refractivity (Wildman–Crippen MR) is 80.8 cm³/mol. The zero-order chi connectivity index (χ0) is 13.9. The van der Waals surface area contributed by atoms with Gasteiger partial charge in [-0.1, -0.05) is 48.5 Å². The van der Waals surface area contributed by atoms with Gasteiger partial charge in [-0.15, -0.1) is 0 Å². The highest BCUT2D eigenvalue weighted by atomic mass is 32.1. The Bertz CT molecular complexity index is 802. The minimum Gasteiger partial charge on any atom is -0.272 e. The maximum Gasteiger partial charge on any atom is 0.347 e. The molecule has 0 aliphatic heterocycles. The lowest BCUT2D eigenvalue weighted by Gasteiger charge is -2.09. The van der Waals surface area contributed by atoms with E-state index in [4.69, 9.17) is 12.2 Å². The van der Waals surface area contributed by atoms with E-state index in [9.17, 15) is 4.79 Å². The molecule has 5 heteroatoms. The molecule has 0 radical (unpaired) electrons. The van der Waals surface area contributed by atoms with Crippen LogP contribution in [0.15, 0.2) is 59.4 Å². The van der Waals surface area contributed by atoms with Crippen molar-refractivity contribution in [2.24, 2.45) is 0 Å². The molecule has 20 heavy (non-hydrogen) atoms. The maximum atomic E-state index is 11.9. The summed E-state index contributed by atoms with van der Waals surface area (Å²) in [6, 6.07) is 17.9. The second-order valence-corrected chi connectivity index (χ2v) is 4.87. The number of rotatable bonds is 3. The van der Waals surface area contributed by atoms with Crippen LogP contribution < -0.4 is 5.69 Å². The van der Waals surface area contributed by atoms with E-state index in [1.165, 1.54) is 10.1 Å². The fourth-order valence-electron chi connectivity index (χ4n) is 2.22. The van der Waals surface area contributed by atoms with Crippen LogP contribution in [0.4, 0.5) is 0 Å². The lowest BCUT2D eigenvalue weighted by molar-refractivity contribution is 0.952. The molecule has 3 rings (SSSR count). The lowest BCUT2D eigenvalue weighted by atomic mass is 10.0. The number of para-hydroxylation sites is 1. The quantitative estimate of drug-likeness (QED) is 0.726. The lowest BCUT2D eigenvalue weighted by Crippen LogP contribution is -2.16. The molecule has 3 aromatic rings. The minimum absolute atomic E-state index is 0.254. The first-order valence-electron chi connectivity index (χ1n) is 6.27. The number of aromatic amines is 2. The number of nitrogens with zero attached hydrogens (tertiary/aromatic N) is 1. The van der Waals surface area contributed by atoms with Gasteiger partial charge in [0.25, 0.3) is 0 Å². The summed E-state index contributed by atoms with van der Waals surface area (Å²) in [6.07, 6.45) is 0.753. The molecule has 0 unspecified atom stereocenters. The number of benzene rings is 2. The largest absolute Gasteiger partial charge is 0.347 e. The second-order valence-electron chi connectivity index (χ2n) is 4.49. The topological polar surface area (TPSA) is 53.6 Å². The third kappa shape index (κ3) is 2.35. The molecule has 0 amide bonds. The summed E-state index contributed by atoms with van der Waals surface area (Å²) in [7, 11) is 0. The zero-order valence-corrected chi connectivity index (χ0v) is 11.5. The molecular weight excluding hydrogens is 270 g/mol. The number of aromatic nitrogens is 3. The molecule has 0 fully saturated rings. The Morgan fingerprint density at radius 3 is 2.35 bits per heavy atom. The molecule has 0 aliphatic carbocycles. The number of hydrogen-bond donors (Lipinski definition) is 2. The Morgan fingerprint density at radius 2 is 1.65 bits per heavy atom. The minimum atomic E-state index is -0.254. The van der Waals surface area contributed by atoms with Gasteiger partial charge >= 0.3 is 5.69 Å². The maximum absolute atomic E-state index is 11.9. The first kappa shape index (κ1) is 12.6. The standard InChI is InChI=1S/C15H13N3OS/c19-14-16-17-15(20)18(14)13-9-5-4-8-12(13)10-11-6-2-1-3-7-11/h1-9H,10H2,(H,16,19)(H,17,20). The van der Waals surface area contributed by atoms with Crippen molar-refractivity contribution in [1.82, 2.24) is 14.8 Å². The van der Waals surface area contributed by atoms with Crippen LogP contribution in [0.5, 0.6) is 0 Å². The molecule has 0 saturated carbocycles. The average molecular weight is 283 g/mol. The smallest absolute Gasteiger partial charge is 0.272 e. The first-order chi connectivity index (χ1) is 9.75. The zero-order valence-electron chi connectivity index (χ0n) is 10.7. The molecule has 0 saturated heterocycles. The summed E-state index contributed by atoms with van der Waals surface area (Å²) in [4.78, 5) is 11.9. The summed E-state index contributed by atoms with van der Waals surface area (Å²) >= 11 is 5.16. The predicted octanol–water partition coefficient (Wildman–Crippen LogP) is 2.81. The Morgan fingerprint density at radius 1 is 0.950 bits per heavy atom.